The Labute approximate surface area is 158 Å². The van der Waals surface area contributed by atoms with E-state index in [0.717, 1.165) is 38.6 Å². The lowest BCUT2D eigenvalue weighted by Gasteiger charge is -2.22. The Kier molecular flexibility index (Phi) is 15.1. The van der Waals surface area contributed by atoms with E-state index in [1.165, 1.54) is 32.1 Å². The van der Waals surface area contributed by atoms with Gasteiger partial charge >= 0.3 is 0 Å². The number of nitrogens with zero attached hydrogens (tertiary/aromatic N) is 1. The molecule has 22 heavy (non-hydrogen) atoms. The molecule has 0 aliphatic heterocycles. The Morgan fingerprint density at radius 2 is 2.00 bits per heavy atom. The number of rotatable bonds is 9. The summed E-state index contributed by atoms with van der Waals surface area (Å²) < 4.78 is 5.94. The number of thioether (sulfide) groups is 1. The zero-order valence-corrected chi connectivity index (χ0v) is 17.5. The van der Waals surface area contributed by atoms with E-state index in [4.69, 9.17) is 4.74 Å². The van der Waals surface area contributed by atoms with Crippen LogP contribution >= 0.6 is 35.7 Å². The molecule has 0 aromatic rings. The van der Waals surface area contributed by atoms with Crippen LogP contribution in [0.1, 0.15) is 52.4 Å². The molecule has 0 radical (unpaired) electrons. The first-order valence-corrected chi connectivity index (χ1v) is 9.71. The topological polar surface area (TPSA) is 45.7 Å². The summed E-state index contributed by atoms with van der Waals surface area (Å²) in [5.74, 6) is 0.927. The van der Waals surface area contributed by atoms with Crippen LogP contribution in [0, 0.1) is 0 Å². The third kappa shape index (κ3) is 10.9. The Hall–Kier alpha value is 0.310. The van der Waals surface area contributed by atoms with Gasteiger partial charge in [-0.1, -0.05) is 26.2 Å². The van der Waals surface area contributed by atoms with Gasteiger partial charge in [0, 0.05) is 24.9 Å². The summed E-state index contributed by atoms with van der Waals surface area (Å²) in [4.78, 5) is 4.60. The van der Waals surface area contributed by atoms with Crippen LogP contribution in [-0.4, -0.2) is 49.8 Å². The molecule has 2 N–H and O–H groups in total. The van der Waals surface area contributed by atoms with Crippen molar-refractivity contribution in [2.24, 2.45) is 4.99 Å². The van der Waals surface area contributed by atoms with Gasteiger partial charge in [0.25, 0.3) is 0 Å². The monoisotopic (exact) mass is 443 g/mol. The van der Waals surface area contributed by atoms with Gasteiger partial charge in [0.15, 0.2) is 5.96 Å². The van der Waals surface area contributed by atoms with Crippen LogP contribution in [0.15, 0.2) is 4.99 Å². The molecule has 0 aromatic carbocycles. The van der Waals surface area contributed by atoms with E-state index in [1.807, 2.05) is 11.8 Å². The third-order valence-electron chi connectivity index (χ3n) is 3.77. The molecule has 0 spiro atoms. The zero-order valence-electron chi connectivity index (χ0n) is 14.4. The Morgan fingerprint density at radius 1 is 1.27 bits per heavy atom. The molecule has 0 bridgehead atoms. The predicted molar refractivity (Wildman–Crippen MR) is 110 cm³/mol. The van der Waals surface area contributed by atoms with Crippen molar-refractivity contribution in [1.82, 2.24) is 10.6 Å². The fraction of sp³-hybridized carbons (Fsp3) is 0.938. The van der Waals surface area contributed by atoms with Gasteiger partial charge in [-0.2, -0.15) is 11.8 Å². The lowest BCUT2D eigenvalue weighted by molar-refractivity contribution is 0.0277. The van der Waals surface area contributed by atoms with Crippen molar-refractivity contribution in [1.29, 1.82) is 0 Å². The number of hydrogen-bond donors (Lipinski definition) is 2. The maximum absolute atomic E-state index is 5.94. The van der Waals surface area contributed by atoms with Crippen molar-refractivity contribution in [3.8, 4) is 0 Å². The second-order valence-corrected chi connectivity index (χ2v) is 6.95. The van der Waals surface area contributed by atoms with Crippen molar-refractivity contribution in [2.45, 2.75) is 63.7 Å². The number of halogens is 1. The average Bonchev–Trinajstić information content (AvgIpc) is 2.52. The van der Waals surface area contributed by atoms with Crippen LogP contribution < -0.4 is 10.6 Å². The standard InChI is InChI=1S/C16H33N3OS.HI/c1-4-17-16(19-13-14(2)21-3)18-11-8-12-20-15-9-6-5-7-10-15;/h14-15H,4-13H2,1-3H3,(H2,17,18,19);1H. The molecule has 4 nitrogen and oxygen atoms in total. The summed E-state index contributed by atoms with van der Waals surface area (Å²) in [6.45, 7) is 7.84. The van der Waals surface area contributed by atoms with Crippen molar-refractivity contribution < 1.29 is 4.74 Å². The van der Waals surface area contributed by atoms with Gasteiger partial charge < -0.3 is 15.4 Å². The minimum absolute atomic E-state index is 0. The zero-order chi connectivity index (χ0) is 15.3. The van der Waals surface area contributed by atoms with Gasteiger partial charge in [-0.15, -0.1) is 24.0 Å². The van der Waals surface area contributed by atoms with Gasteiger partial charge in [0.2, 0.25) is 0 Å². The molecule has 6 heteroatoms. The van der Waals surface area contributed by atoms with Gasteiger partial charge in [0.1, 0.15) is 0 Å². The molecule has 132 valence electrons. The molecule has 0 heterocycles. The van der Waals surface area contributed by atoms with E-state index in [0.29, 0.717) is 11.4 Å². The molecular formula is C16H34IN3OS. The maximum atomic E-state index is 5.94. The molecule has 1 aliphatic rings. The van der Waals surface area contributed by atoms with Gasteiger partial charge in [0.05, 0.1) is 12.6 Å². The van der Waals surface area contributed by atoms with Crippen LogP contribution in [0.25, 0.3) is 0 Å². The van der Waals surface area contributed by atoms with Gasteiger partial charge in [-0.05, 0) is 32.4 Å². The molecule has 0 saturated heterocycles. The molecular weight excluding hydrogens is 409 g/mol. The van der Waals surface area contributed by atoms with E-state index in [2.05, 4.69) is 35.7 Å². The summed E-state index contributed by atoms with van der Waals surface area (Å²) >= 11 is 1.85. The van der Waals surface area contributed by atoms with Crippen molar-refractivity contribution >= 4 is 41.7 Å². The highest BCUT2D eigenvalue weighted by Crippen LogP contribution is 2.20. The summed E-state index contributed by atoms with van der Waals surface area (Å²) in [5, 5.41) is 7.24. The Bertz CT molecular complexity index is 287. The van der Waals surface area contributed by atoms with E-state index in [-0.39, 0.29) is 24.0 Å². The van der Waals surface area contributed by atoms with Crippen molar-refractivity contribution in [3.05, 3.63) is 0 Å². The smallest absolute Gasteiger partial charge is 0.191 e. The predicted octanol–water partition coefficient (Wildman–Crippen LogP) is 3.65. The summed E-state index contributed by atoms with van der Waals surface area (Å²) in [6.07, 6.45) is 10.3. The van der Waals surface area contributed by atoms with Crippen LogP contribution in [0.2, 0.25) is 0 Å². The highest BCUT2D eigenvalue weighted by molar-refractivity contribution is 14.0. The van der Waals surface area contributed by atoms with Crippen LogP contribution in [0.4, 0.5) is 0 Å². The average molecular weight is 443 g/mol. The Morgan fingerprint density at radius 3 is 2.64 bits per heavy atom. The van der Waals surface area contributed by atoms with E-state index in [1.54, 1.807) is 0 Å². The van der Waals surface area contributed by atoms with E-state index >= 15 is 0 Å². The molecule has 1 aliphatic carbocycles. The molecule has 1 rings (SSSR count). The lowest BCUT2D eigenvalue weighted by Crippen LogP contribution is -2.38. The van der Waals surface area contributed by atoms with Crippen LogP contribution in [0.3, 0.4) is 0 Å². The van der Waals surface area contributed by atoms with Gasteiger partial charge in [-0.25, -0.2) is 0 Å². The fourth-order valence-corrected chi connectivity index (χ4v) is 2.62. The summed E-state index contributed by atoms with van der Waals surface area (Å²) in [5.41, 5.74) is 0. The molecule has 0 aromatic heterocycles. The SMILES string of the molecule is CCNC(=NCC(C)SC)NCCCOC1CCCCC1.I. The summed E-state index contributed by atoms with van der Waals surface area (Å²) in [6, 6.07) is 0. The third-order valence-corrected chi connectivity index (χ3v) is 4.73. The number of hydrogen-bond acceptors (Lipinski definition) is 3. The molecule has 1 unspecified atom stereocenters. The largest absolute Gasteiger partial charge is 0.378 e. The quantitative estimate of drug-likeness (QED) is 0.247. The van der Waals surface area contributed by atoms with Crippen LogP contribution in [0.5, 0.6) is 0 Å². The van der Waals surface area contributed by atoms with Crippen LogP contribution in [-0.2, 0) is 4.74 Å². The molecule has 1 atom stereocenters. The number of nitrogens with one attached hydrogen (secondary N) is 2. The van der Waals surface area contributed by atoms with Crippen molar-refractivity contribution in [3.63, 3.8) is 0 Å². The first-order valence-electron chi connectivity index (χ1n) is 8.42. The fourth-order valence-electron chi connectivity index (χ4n) is 2.40. The van der Waals surface area contributed by atoms with E-state index < -0.39 is 0 Å². The second-order valence-electron chi connectivity index (χ2n) is 5.68. The highest BCUT2D eigenvalue weighted by atomic mass is 127. The first kappa shape index (κ1) is 22.3. The minimum Gasteiger partial charge on any atom is -0.378 e. The number of ether oxygens (including phenoxy) is 1. The number of aliphatic imine (C=N–C) groups is 1. The number of guanidine groups is 1. The summed E-state index contributed by atoms with van der Waals surface area (Å²) in [7, 11) is 0. The second kappa shape index (κ2) is 14.9. The molecule has 1 saturated carbocycles. The minimum atomic E-state index is 0. The molecule has 1 fully saturated rings. The Balaban J connectivity index is 0.00000441. The van der Waals surface area contributed by atoms with E-state index in [9.17, 15) is 0 Å². The van der Waals surface area contributed by atoms with Gasteiger partial charge in [-0.3, -0.25) is 4.99 Å². The first-order chi connectivity index (χ1) is 10.3. The highest BCUT2D eigenvalue weighted by Gasteiger charge is 2.12. The normalized spacial score (nSPS) is 17.7. The molecule has 0 amide bonds. The van der Waals surface area contributed by atoms with Crippen molar-refractivity contribution in [2.75, 3.05) is 32.5 Å². The lowest BCUT2D eigenvalue weighted by atomic mass is 9.98. The maximum Gasteiger partial charge on any atom is 0.191 e.